The van der Waals surface area contributed by atoms with Gasteiger partial charge in [-0.05, 0) is 108 Å². The van der Waals surface area contributed by atoms with Crippen molar-refractivity contribution < 1.29 is 62.6 Å². The number of rotatable bonds is 18. The molecule has 2 unspecified atom stereocenters. The predicted molar refractivity (Wildman–Crippen MR) is 338 cm³/mol. The number of likely N-dealkylation sites (N-methyl/N-ethyl adjacent to an activating group) is 7. The molecule has 11 amide bonds. The van der Waals surface area contributed by atoms with Gasteiger partial charge in [0.25, 0.3) is 5.91 Å². The van der Waals surface area contributed by atoms with Crippen molar-refractivity contribution in [3.8, 4) is 0 Å². The Labute approximate surface area is 525 Å². The van der Waals surface area contributed by atoms with Crippen LogP contribution in [0.4, 0.5) is 0 Å². The van der Waals surface area contributed by atoms with Gasteiger partial charge in [0.2, 0.25) is 65.3 Å². The van der Waals surface area contributed by atoms with Gasteiger partial charge in [-0.15, -0.1) is 0 Å². The molecule has 0 saturated carbocycles. The number of nitrogens with two attached hydrogens (primary N) is 1. The Balaban J connectivity index is 4.43. The Morgan fingerprint density at radius 3 is 1.32 bits per heavy atom. The lowest BCUT2D eigenvalue weighted by Gasteiger charge is -2.40. The maximum Gasteiger partial charge on any atom is 0.273 e. The number of ether oxygens (including phenoxy) is 1. The summed E-state index contributed by atoms with van der Waals surface area (Å²) in [4.78, 5) is 170. The van der Waals surface area contributed by atoms with E-state index in [0.29, 0.717) is 6.42 Å². The average Bonchev–Trinajstić information content (AvgIpc) is 2.24. The van der Waals surface area contributed by atoms with E-state index in [1.165, 1.54) is 84.8 Å². The molecule has 1 aliphatic rings. The standard InChI is InChI=1S/C63H114N12O13/c1-24-26-27-40(13)34-47-54(79)67-44(25-2)57(82)75(23)63(88-29-28-64)62(87)71(19)46(31-36(5)6)55(80)68-50(39(11)12)60(85)69(17)45(30-35(3)4)53(78)65-41(14)52(77)66-42(15)56(81)72(20)48(32-37(7)8)58(83)73(21)49(33-38(9)10)59(84)74(22)51(43(16)76)61(86)70(47)18/h24,26,35-51,63,76H,25,27-34,64H2,1-23H3,(H,65,78)(H,66,77)(H,67,79)(H,68,80)/b26-24+/t40-,41+,42-,43?,44+,45+,46+,47+,48+,49+,50+,51+,63?/m1/s1. The zero-order valence-electron chi connectivity index (χ0n) is 57.5. The Kier molecular flexibility index (Phi) is 33.6. The van der Waals surface area contributed by atoms with Crippen LogP contribution in [-0.4, -0.2) is 240 Å². The van der Waals surface area contributed by atoms with E-state index >= 15 is 9.59 Å². The first-order valence-electron chi connectivity index (χ1n) is 31.4. The maximum absolute atomic E-state index is 15.1. The minimum absolute atomic E-state index is 0.00967. The highest BCUT2D eigenvalue weighted by molar-refractivity contribution is 5.99. The van der Waals surface area contributed by atoms with Gasteiger partial charge in [-0.3, -0.25) is 52.7 Å². The number of hydrogen-bond acceptors (Lipinski definition) is 14. The van der Waals surface area contributed by atoms with Crippen LogP contribution in [0.25, 0.3) is 0 Å². The van der Waals surface area contributed by atoms with E-state index in [0.717, 1.165) is 19.6 Å². The molecule has 1 fully saturated rings. The van der Waals surface area contributed by atoms with Crippen molar-refractivity contribution in [3.63, 3.8) is 0 Å². The smallest absolute Gasteiger partial charge is 0.273 e. The molecule has 88 heavy (non-hydrogen) atoms. The number of carbonyl (C=O) groups is 11. The maximum atomic E-state index is 15.1. The summed E-state index contributed by atoms with van der Waals surface area (Å²) in [6.45, 7) is 27.5. The Hall–Kier alpha value is -6.21. The number of hydrogen-bond donors (Lipinski definition) is 6. The number of nitrogens with zero attached hydrogens (tertiary/aromatic N) is 7. The lowest BCUT2D eigenvalue weighted by Crippen LogP contribution is -2.63. The van der Waals surface area contributed by atoms with E-state index in [4.69, 9.17) is 10.5 Å². The molecule has 1 rings (SSSR count). The summed E-state index contributed by atoms with van der Waals surface area (Å²) < 4.78 is 5.99. The monoisotopic (exact) mass is 1250 g/mol. The van der Waals surface area contributed by atoms with Crippen LogP contribution in [0.15, 0.2) is 12.2 Å². The van der Waals surface area contributed by atoms with E-state index in [1.54, 1.807) is 20.8 Å². The number of nitrogens with one attached hydrogen (secondary N) is 4. The quantitative estimate of drug-likeness (QED) is 0.107. The Bertz CT molecular complexity index is 2380. The van der Waals surface area contributed by atoms with Crippen LogP contribution in [0.1, 0.15) is 156 Å². The fourth-order valence-corrected chi connectivity index (χ4v) is 10.8. The van der Waals surface area contributed by atoms with Crippen molar-refractivity contribution in [1.29, 1.82) is 0 Å². The van der Waals surface area contributed by atoms with Gasteiger partial charge in [0, 0.05) is 55.9 Å². The third kappa shape index (κ3) is 22.7. The summed E-state index contributed by atoms with van der Waals surface area (Å²) >= 11 is 0. The van der Waals surface area contributed by atoms with E-state index in [9.17, 15) is 48.3 Å². The van der Waals surface area contributed by atoms with E-state index < -0.39 is 144 Å². The van der Waals surface area contributed by atoms with Crippen LogP contribution in [0.3, 0.4) is 0 Å². The second-order valence-corrected chi connectivity index (χ2v) is 26.2. The topological polar surface area (TPSA) is 314 Å². The van der Waals surface area contributed by atoms with Crippen LogP contribution in [0, 0.1) is 35.5 Å². The SMILES string of the molecule is C/C=C/C[C@@H](C)C[C@H]1C(=O)N[C@@H](CC)C(=O)N(C)C(OCCN)C(=O)N(C)[C@@H](CC(C)C)C(=O)N[C@@H](C(C)C)C(=O)N(C)[C@@H](CC(C)C)C(=O)N[C@@H](C)C(=O)N[C@H](C)C(=O)N(C)[C@@H](CC(C)C)C(=O)N(C)[C@@H](CC(C)C)C(=O)N(C)[C@@H](C(C)O)C(=O)N1C. The van der Waals surface area contributed by atoms with Crippen molar-refractivity contribution in [1.82, 2.24) is 55.6 Å². The molecule has 1 saturated heterocycles. The molecular formula is C63H114N12O13. The van der Waals surface area contributed by atoms with Crippen LogP contribution in [0.5, 0.6) is 0 Å². The molecule has 0 aliphatic carbocycles. The van der Waals surface area contributed by atoms with Gasteiger partial charge in [0.15, 0.2) is 0 Å². The minimum Gasteiger partial charge on any atom is -0.391 e. The third-order valence-electron chi connectivity index (χ3n) is 16.2. The fourth-order valence-electron chi connectivity index (χ4n) is 10.8. The number of aliphatic hydroxyl groups is 1. The first-order valence-corrected chi connectivity index (χ1v) is 31.4. The molecule has 0 radical (unpaired) electrons. The van der Waals surface area contributed by atoms with Crippen LogP contribution >= 0.6 is 0 Å². The molecule has 0 aromatic carbocycles. The predicted octanol–water partition coefficient (Wildman–Crippen LogP) is 2.32. The highest BCUT2D eigenvalue weighted by atomic mass is 16.5. The summed E-state index contributed by atoms with van der Waals surface area (Å²) in [5.41, 5.74) is 5.88. The zero-order valence-corrected chi connectivity index (χ0v) is 57.5. The van der Waals surface area contributed by atoms with Gasteiger partial charge in [-0.1, -0.05) is 95.2 Å². The number of aliphatic hydroxyl groups excluding tert-OH is 1. The normalized spacial score (nSPS) is 27.2. The van der Waals surface area contributed by atoms with Crippen LogP contribution < -0.4 is 27.0 Å². The summed E-state index contributed by atoms with van der Waals surface area (Å²) in [5, 5.41) is 22.5. The fraction of sp³-hybridized carbons (Fsp3) is 0.794. The van der Waals surface area contributed by atoms with Gasteiger partial charge < -0.3 is 71.1 Å². The van der Waals surface area contributed by atoms with Gasteiger partial charge in [-0.2, -0.15) is 0 Å². The van der Waals surface area contributed by atoms with Gasteiger partial charge in [-0.25, -0.2) is 0 Å². The molecule has 13 atom stereocenters. The third-order valence-corrected chi connectivity index (χ3v) is 16.2. The molecule has 0 spiro atoms. The average molecular weight is 1250 g/mol. The summed E-state index contributed by atoms with van der Waals surface area (Å²) in [6, 6.07) is -12.8. The molecular weight excluding hydrogens is 1130 g/mol. The zero-order chi connectivity index (χ0) is 68.1. The van der Waals surface area contributed by atoms with Crippen LogP contribution in [-0.2, 0) is 57.5 Å². The number of carbonyl (C=O) groups excluding carboxylic acids is 11. The lowest BCUT2D eigenvalue weighted by atomic mass is 9.95. The molecule has 504 valence electrons. The van der Waals surface area contributed by atoms with E-state index in [-0.39, 0.29) is 81.3 Å². The minimum atomic E-state index is -1.69. The molecule has 25 nitrogen and oxygen atoms in total. The number of allylic oxidation sites excluding steroid dienone is 2. The highest BCUT2D eigenvalue weighted by Crippen LogP contribution is 2.25. The first-order chi connectivity index (χ1) is 40.7. The Morgan fingerprint density at radius 2 is 0.875 bits per heavy atom. The van der Waals surface area contributed by atoms with Crippen molar-refractivity contribution >= 4 is 65.0 Å². The molecule has 7 N–H and O–H groups in total. The molecule has 0 aromatic rings. The Morgan fingerprint density at radius 1 is 0.477 bits per heavy atom. The summed E-state index contributed by atoms with van der Waals surface area (Å²) in [6.07, 6.45) is 1.52. The molecule has 1 aliphatic heterocycles. The second-order valence-electron chi connectivity index (χ2n) is 26.2. The molecule has 1 heterocycles. The van der Waals surface area contributed by atoms with Gasteiger partial charge >= 0.3 is 0 Å². The molecule has 0 aromatic heterocycles. The highest BCUT2D eigenvalue weighted by Gasteiger charge is 2.45. The van der Waals surface area contributed by atoms with Crippen molar-refractivity contribution in [3.05, 3.63) is 12.2 Å². The van der Waals surface area contributed by atoms with Crippen molar-refractivity contribution in [2.75, 3.05) is 62.5 Å². The van der Waals surface area contributed by atoms with Crippen LogP contribution in [0.2, 0.25) is 0 Å². The van der Waals surface area contributed by atoms with Crippen molar-refractivity contribution in [2.24, 2.45) is 41.2 Å². The van der Waals surface area contributed by atoms with E-state index in [1.807, 2.05) is 81.4 Å². The largest absolute Gasteiger partial charge is 0.391 e. The lowest BCUT2D eigenvalue weighted by molar-refractivity contribution is -0.167. The number of amides is 11. The van der Waals surface area contributed by atoms with Gasteiger partial charge in [0.05, 0.1) is 12.7 Å². The van der Waals surface area contributed by atoms with Crippen molar-refractivity contribution in [2.45, 2.75) is 228 Å². The molecule has 0 bridgehead atoms. The first kappa shape index (κ1) is 79.8. The summed E-state index contributed by atoms with van der Waals surface area (Å²) in [5.74, 6) is -9.51. The van der Waals surface area contributed by atoms with Gasteiger partial charge in [0.1, 0.15) is 60.4 Å². The second kappa shape index (κ2) is 37.1. The summed E-state index contributed by atoms with van der Waals surface area (Å²) in [7, 11) is 9.64. The molecule has 25 heteroatoms. The van der Waals surface area contributed by atoms with E-state index in [2.05, 4.69) is 21.3 Å².